The number of phenols is 2. The lowest BCUT2D eigenvalue weighted by Crippen LogP contribution is -2.00. The Bertz CT molecular complexity index is 326. The van der Waals surface area contributed by atoms with Crippen LogP contribution in [-0.2, 0) is 11.2 Å². The molecule has 0 saturated carbocycles. The molecule has 0 fully saturated rings. The number of benzene rings is 1. The SMILES string of the molecule is CC(CC=O)Cc1ccc(O)cc1O.Cl. The van der Waals surface area contributed by atoms with Crippen LogP contribution in [0.3, 0.4) is 0 Å². The zero-order chi connectivity index (χ0) is 10.6. The lowest BCUT2D eigenvalue weighted by atomic mass is 9.98. The van der Waals surface area contributed by atoms with E-state index in [1.165, 1.54) is 12.1 Å². The maximum atomic E-state index is 10.2. The zero-order valence-corrected chi connectivity index (χ0v) is 9.33. The van der Waals surface area contributed by atoms with Gasteiger partial charge in [-0.05, 0) is 24.0 Å². The van der Waals surface area contributed by atoms with Gasteiger partial charge in [-0.2, -0.15) is 0 Å². The Labute approximate surface area is 95.2 Å². The van der Waals surface area contributed by atoms with E-state index in [4.69, 9.17) is 5.11 Å². The highest BCUT2D eigenvalue weighted by molar-refractivity contribution is 5.85. The first-order chi connectivity index (χ1) is 6.63. The van der Waals surface area contributed by atoms with Crippen LogP contribution in [0, 0.1) is 5.92 Å². The van der Waals surface area contributed by atoms with E-state index in [2.05, 4.69) is 0 Å². The van der Waals surface area contributed by atoms with Crippen LogP contribution < -0.4 is 0 Å². The van der Waals surface area contributed by atoms with Crippen LogP contribution in [0.1, 0.15) is 18.9 Å². The third-order valence-electron chi connectivity index (χ3n) is 2.14. The van der Waals surface area contributed by atoms with Crippen molar-refractivity contribution in [3.8, 4) is 11.5 Å². The van der Waals surface area contributed by atoms with Gasteiger partial charge < -0.3 is 15.0 Å². The molecule has 0 aliphatic rings. The second kappa shape index (κ2) is 6.30. The molecule has 1 unspecified atom stereocenters. The Morgan fingerprint density at radius 1 is 1.40 bits per heavy atom. The molecule has 1 aromatic carbocycles. The van der Waals surface area contributed by atoms with Crippen LogP contribution in [0.4, 0.5) is 0 Å². The molecule has 0 aromatic heterocycles. The molecule has 0 heterocycles. The molecule has 84 valence electrons. The van der Waals surface area contributed by atoms with Gasteiger partial charge >= 0.3 is 0 Å². The van der Waals surface area contributed by atoms with Gasteiger partial charge in [0.25, 0.3) is 0 Å². The van der Waals surface area contributed by atoms with Crippen LogP contribution in [0.5, 0.6) is 11.5 Å². The average Bonchev–Trinajstić information content (AvgIpc) is 2.10. The fourth-order valence-electron chi connectivity index (χ4n) is 1.35. The van der Waals surface area contributed by atoms with Crippen molar-refractivity contribution >= 4 is 18.7 Å². The summed E-state index contributed by atoms with van der Waals surface area (Å²) >= 11 is 0. The Balaban J connectivity index is 0.00000196. The van der Waals surface area contributed by atoms with Crippen LogP contribution in [0.15, 0.2) is 18.2 Å². The zero-order valence-electron chi connectivity index (χ0n) is 8.51. The molecule has 1 aromatic rings. The van der Waals surface area contributed by atoms with E-state index in [1.807, 2.05) is 6.92 Å². The minimum absolute atomic E-state index is 0. The molecule has 15 heavy (non-hydrogen) atoms. The van der Waals surface area contributed by atoms with Crippen molar-refractivity contribution < 1.29 is 15.0 Å². The highest BCUT2D eigenvalue weighted by Crippen LogP contribution is 2.25. The first-order valence-corrected chi connectivity index (χ1v) is 4.58. The Morgan fingerprint density at radius 2 is 2.07 bits per heavy atom. The molecule has 1 atom stereocenters. The van der Waals surface area contributed by atoms with Gasteiger partial charge in [-0.1, -0.05) is 13.0 Å². The van der Waals surface area contributed by atoms with E-state index in [9.17, 15) is 9.90 Å². The van der Waals surface area contributed by atoms with Crippen molar-refractivity contribution in [1.82, 2.24) is 0 Å². The molecule has 0 saturated heterocycles. The van der Waals surface area contributed by atoms with Gasteiger partial charge in [0.05, 0.1) is 0 Å². The highest BCUT2D eigenvalue weighted by atomic mass is 35.5. The number of rotatable bonds is 4. The molecular weight excluding hydrogens is 216 g/mol. The largest absolute Gasteiger partial charge is 0.508 e. The number of phenolic OH excluding ortho intramolecular Hbond substituents is 2. The number of hydrogen-bond acceptors (Lipinski definition) is 3. The number of hydrogen-bond donors (Lipinski definition) is 2. The second-order valence-electron chi connectivity index (χ2n) is 3.52. The normalized spacial score (nSPS) is 11.5. The third-order valence-corrected chi connectivity index (χ3v) is 2.14. The molecule has 0 amide bonds. The number of carbonyl (C=O) groups is 1. The maximum Gasteiger partial charge on any atom is 0.122 e. The van der Waals surface area contributed by atoms with Crippen molar-refractivity contribution in [2.24, 2.45) is 5.92 Å². The lowest BCUT2D eigenvalue weighted by Gasteiger charge is -2.09. The summed E-state index contributed by atoms with van der Waals surface area (Å²) in [4.78, 5) is 10.2. The fraction of sp³-hybridized carbons (Fsp3) is 0.364. The first-order valence-electron chi connectivity index (χ1n) is 4.58. The number of aldehydes is 1. The smallest absolute Gasteiger partial charge is 0.122 e. The molecular formula is C11H15ClO3. The number of halogens is 1. The summed E-state index contributed by atoms with van der Waals surface area (Å²) in [7, 11) is 0. The predicted octanol–water partition coefficient (Wildman–Crippen LogP) is 2.29. The van der Waals surface area contributed by atoms with E-state index in [0.717, 1.165) is 11.8 Å². The van der Waals surface area contributed by atoms with Gasteiger partial charge in [0, 0.05) is 12.5 Å². The van der Waals surface area contributed by atoms with Crippen LogP contribution >= 0.6 is 12.4 Å². The summed E-state index contributed by atoms with van der Waals surface area (Å²) in [6.07, 6.45) is 2.01. The topological polar surface area (TPSA) is 57.5 Å². The Hall–Kier alpha value is -1.22. The molecule has 1 rings (SSSR count). The molecule has 0 bridgehead atoms. The highest BCUT2D eigenvalue weighted by Gasteiger charge is 2.07. The average molecular weight is 231 g/mol. The van der Waals surface area contributed by atoms with E-state index in [1.54, 1.807) is 6.07 Å². The van der Waals surface area contributed by atoms with Gasteiger partial charge in [0.2, 0.25) is 0 Å². The third kappa shape index (κ3) is 4.21. The molecule has 0 aliphatic heterocycles. The summed E-state index contributed by atoms with van der Waals surface area (Å²) in [5.41, 5.74) is 0.761. The lowest BCUT2D eigenvalue weighted by molar-refractivity contribution is -0.108. The first kappa shape index (κ1) is 13.8. The summed E-state index contributed by atoms with van der Waals surface area (Å²) in [5, 5.41) is 18.5. The predicted molar refractivity (Wildman–Crippen MR) is 60.6 cm³/mol. The quantitative estimate of drug-likeness (QED) is 0.781. The standard InChI is InChI=1S/C11H14O3.ClH/c1-8(4-5-12)6-9-2-3-10(13)7-11(9)14;/h2-3,5,7-8,13-14H,4,6H2,1H3;1H. The van der Waals surface area contributed by atoms with Gasteiger partial charge in [0.15, 0.2) is 0 Å². The molecule has 3 nitrogen and oxygen atoms in total. The molecule has 2 N–H and O–H groups in total. The van der Waals surface area contributed by atoms with Crippen LogP contribution in [0.2, 0.25) is 0 Å². The molecule has 0 aliphatic carbocycles. The van der Waals surface area contributed by atoms with E-state index < -0.39 is 0 Å². The van der Waals surface area contributed by atoms with E-state index in [0.29, 0.717) is 12.8 Å². The van der Waals surface area contributed by atoms with Crippen molar-refractivity contribution in [1.29, 1.82) is 0 Å². The van der Waals surface area contributed by atoms with E-state index >= 15 is 0 Å². The minimum Gasteiger partial charge on any atom is -0.508 e. The monoisotopic (exact) mass is 230 g/mol. The Kier molecular flexibility index (Phi) is 5.79. The van der Waals surface area contributed by atoms with Gasteiger partial charge in [0.1, 0.15) is 17.8 Å². The van der Waals surface area contributed by atoms with Gasteiger partial charge in [-0.3, -0.25) is 0 Å². The van der Waals surface area contributed by atoms with Gasteiger partial charge in [-0.25, -0.2) is 0 Å². The minimum atomic E-state index is 0. The second-order valence-corrected chi connectivity index (χ2v) is 3.52. The van der Waals surface area contributed by atoms with Crippen molar-refractivity contribution in [3.05, 3.63) is 23.8 Å². The maximum absolute atomic E-state index is 10.2. The number of carbonyl (C=O) groups excluding carboxylic acids is 1. The molecule has 0 spiro atoms. The van der Waals surface area contributed by atoms with Gasteiger partial charge in [-0.15, -0.1) is 12.4 Å². The van der Waals surface area contributed by atoms with Crippen LogP contribution in [-0.4, -0.2) is 16.5 Å². The van der Waals surface area contributed by atoms with E-state index in [-0.39, 0.29) is 29.8 Å². The van der Waals surface area contributed by atoms with Crippen LogP contribution in [0.25, 0.3) is 0 Å². The fourth-order valence-corrected chi connectivity index (χ4v) is 1.35. The summed E-state index contributed by atoms with van der Waals surface area (Å²) in [6.45, 7) is 1.95. The Morgan fingerprint density at radius 3 is 2.60 bits per heavy atom. The molecule has 4 heteroatoms. The summed E-state index contributed by atoms with van der Waals surface area (Å²) in [6, 6.07) is 4.51. The van der Waals surface area contributed by atoms with Crippen molar-refractivity contribution in [3.63, 3.8) is 0 Å². The number of aromatic hydroxyl groups is 2. The van der Waals surface area contributed by atoms with Crippen molar-refractivity contribution in [2.45, 2.75) is 19.8 Å². The van der Waals surface area contributed by atoms with Crippen molar-refractivity contribution in [2.75, 3.05) is 0 Å². The summed E-state index contributed by atoms with van der Waals surface area (Å²) in [5.74, 6) is 0.347. The summed E-state index contributed by atoms with van der Waals surface area (Å²) < 4.78 is 0. The molecule has 0 radical (unpaired) electrons.